The highest BCUT2D eigenvalue weighted by molar-refractivity contribution is 7.80. The van der Waals surface area contributed by atoms with Gasteiger partial charge in [-0.3, -0.25) is 4.98 Å². The average Bonchev–Trinajstić information content (AvgIpc) is 3.32. The summed E-state index contributed by atoms with van der Waals surface area (Å²) in [4.78, 5) is 6.88. The van der Waals surface area contributed by atoms with Gasteiger partial charge in [-0.05, 0) is 86.6 Å². The zero-order chi connectivity index (χ0) is 23.1. The summed E-state index contributed by atoms with van der Waals surface area (Å²) in [6.07, 6.45) is 1.83. The van der Waals surface area contributed by atoms with Crippen molar-refractivity contribution in [3.63, 3.8) is 0 Å². The van der Waals surface area contributed by atoms with Crippen molar-refractivity contribution in [3.8, 4) is 5.69 Å². The number of hydrogen-bond donors (Lipinski definition) is 1. The number of nitrogens with zero attached hydrogens (tertiary/aromatic N) is 3. The Bertz CT molecular complexity index is 1320. The van der Waals surface area contributed by atoms with Gasteiger partial charge in [0.1, 0.15) is 0 Å². The highest BCUT2D eigenvalue weighted by atomic mass is 35.5. The van der Waals surface area contributed by atoms with Crippen LogP contribution in [0.1, 0.15) is 40.3 Å². The minimum atomic E-state index is -0.0756. The first-order chi connectivity index (χ1) is 16.0. The van der Waals surface area contributed by atoms with Gasteiger partial charge in [0.05, 0.1) is 17.8 Å². The molecule has 4 aromatic rings. The summed E-state index contributed by atoms with van der Waals surface area (Å²) in [6, 6.07) is 24.5. The lowest BCUT2D eigenvalue weighted by atomic mass is 9.96. The second-order valence-corrected chi connectivity index (χ2v) is 9.25. The highest BCUT2D eigenvalue weighted by Gasteiger charge is 2.42. The van der Waals surface area contributed by atoms with Crippen LogP contribution in [0.5, 0.6) is 0 Å². The third-order valence-electron chi connectivity index (χ3n) is 6.33. The number of thiocarbonyl (C=S) groups is 1. The molecule has 2 unspecified atom stereocenters. The Kier molecular flexibility index (Phi) is 5.69. The van der Waals surface area contributed by atoms with Crippen LogP contribution < -0.4 is 10.2 Å². The van der Waals surface area contributed by atoms with Crippen LogP contribution in [0.15, 0.2) is 79.0 Å². The van der Waals surface area contributed by atoms with Gasteiger partial charge in [0.15, 0.2) is 5.11 Å². The molecule has 1 saturated heterocycles. The number of halogens is 1. The summed E-state index contributed by atoms with van der Waals surface area (Å²) in [5.41, 5.74) is 7.81. The molecular formula is C27H25ClN4S. The Labute approximate surface area is 204 Å². The Morgan fingerprint density at radius 1 is 0.939 bits per heavy atom. The summed E-state index contributed by atoms with van der Waals surface area (Å²) < 4.78 is 2.29. The van der Waals surface area contributed by atoms with Gasteiger partial charge in [-0.2, -0.15) is 0 Å². The number of para-hydroxylation sites is 1. The van der Waals surface area contributed by atoms with Gasteiger partial charge in [-0.15, -0.1) is 0 Å². The summed E-state index contributed by atoms with van der Waals surface area (Å²) in [6.45, 7) is 6.42. The molecule has 33 heavy (non-hydrogen) atoms. The van der Waals surface area contributed by atoms with Gasteiger partial charge in [-0.1, -0.05) is 41.9 Å². The van der Waals surface area contributed by atoms with E-state index in [-0.39, 0.29) is 12.1 Å². The quantitative estimate of drug-likeness (QED) is 0.338. The third-order valence-corrected chi connectivity index (χ3v) is 6.88. The van der Waals surface area contributed by atoms with Crippen LogP contribution in [0.4, 0.5) is 5.69 Å². The van der Waals surface area contributed by atoms with E-state index in [1.165, 1.54) is 11.1 Å². The summed E-state index contributed by atoms with van der Waals surface area (Å²) >= 11 is 12.2. The molecule has 1 aliphatic heterocycles. The molecule has 1 aliphatic rings. The third kappa shape index (κ3) is 3.81. The number of benzene rings is 2. The van der Waals surface area contributed by atoms with Crippen LogP contribution in [-0.2, 0) is 0 Å². The molecule has 0 radical (unpaired) electrons. The molecule has 5 rings (SSSR count). The number of rotatable bonds is 4. The number of anilines is 1. The van der Waals surface area contributed by atoms with E-state index in [0.29, 0.717) is 5.11 Å². The lowest BCUT2D eigenvalue weighted by Crippen LogP contribution is -2.29. The van der Waals surface area contributed by atoms with Crippen molar-refractivity contribution in [2.75, 3.05) is 4.90 Å². The molecule has 4 nitrogen and oxygen atoms in total. The van der Waals surface area contributed by atoms with Gasteiger partial charge in [0.2, 0.25) is 0 Å². The van der Waals surface area contributed by atoms with Crippen LogP contribution in [0, 0.1) is 20.8 Å². The average molecular weight is 473 g/mol. The molecule has 0 spiro atoms. The van der Waals surface area contributed by atoms with E-state index < -0.39 is 0 Å². The van der Waals surface area contributed by atoms with E-state index in [1.54, 1.807) is 0 Å². The molecule has 0 amide bonds. The van der Waals surface area contributed by atoms with Gasteiger partial charge < -0.3 is 14.8 Å². The summed E-state index contributed by atoms with van der Waals surface area (Å²) in [5.74, 6) is 0. The van der Waals surface area contributed by atoms with Gasteiger partial charge in [0, 0.05) is 34.0 Å². The van der Waals surface area contributed by atoms with E-state index in [2.05, 4.69) is 70.9 Å². The van der Waals surface area contributed by atoms with Gasteiger partial charge in [-0.25, -0.2) is 0 Å². The monoisotopic (exact) mass is 472 g/mol. The Morgan fingerprint density at radius 2 is 1.70 bits per heavy atom. The predicted molar refractivity (Wildman–Crippen MR) is 139 cm³/mol. The first kappa shape index (κ1) is 21.7. The number of nitrogens with one attached hydrogen (secondary N) is 1. The molecule has 6 heteroatoms. The SMILES string of the molecule is Cc1ccc(Cl)cc1-n1c(C)cc(C2C(c3ccccn3)NC(=S)N2c2ccccc2)c1C. The van der Waals surface area contributed by atoms with Crippen LogP contribution in [0.2, 0.25) is 5.02 Å². The van der Waals surface area contributed by atoms with Crippen LogP contribution in [-0.4, -0.2) is 14.7 Å². The fourth-order valence-electron chi connectivity index (χ4n) is 4.82. The lowest BCUT2D eigenvalue weighted by molar-refractivity contribution is 0.565. The van der Waals surface area contributed by atoms with Crippen LogP contribution in [0.25, 0.3) is 5.69 Å². The van der Waals surface area contributed by atoms with Crippen molar-refractivity contribution < 1.29 is 0 Å². The molecule has 2 atom stereocenters. The zero-order valence-corrected chi connectivity index (χ0v) is 20.4. The normalized spacial score (nSPS) is 17.9. The molecule has 2 aromatic heterocycles. The largest absolute Gasteiger partial charge is 0.351 e. The number of hydrogen-bond acceptors (Lipinski definition) is 2. The maximum absolute atomic E-state index is 6.37. The van der Waals surface area contributed by atoms with E-state index in [9.17, 15) is 0 Å². The molecular weight excluding hydrogens is 448 g/mol. The van der Waals surface area contributed by atoms with Crippen molar-refractivity contribution in [2.45, 2.75) is 32.9 Å². The van der Waals surface area contributed by atoms with Gasteiger partial charge in [0.25, 0.3) is 0 Å². The lowest BCUT2D eigenvalue weighted by Gasteiger charge is -2.28. The Hall–Kier alpha value is -3.15. The summed E-state index contributed by atoms with van der Waals surface area (Å²) in [7, 11) is 0. The van der Waals surface area contributed by atoms with E-state index in [1.807, 2.05) is 48.7 Å². The highest BCUT2D eigenvalue weighted by Crippen LogP contribution is 2.43. The van der Waals surface area contributed by atoms with Gasteiger partial charge >= 0.3 is 0 Å². The molecule has 0 saturated carbocycles. The zero-order valence-electron chi connectivity index (χ0n) is 18.8. The van der Waals surface area contributed by atoms with Crippen molar-refractivity contribution >= 4 is 34.6 Å². The smallest absolute Gasteiger partial charge is 0.174 e. The predicted octanol–water partition coefficient (Wildman–Crippen LogP) is 6.63. The second kappa shape index (κ2) is 8.65. The van der Waals surface area contributed by atoms with Crippen molar-refractivity contribution in [1.29, 1.82) is 0 Å². The van der Waals surface area contributed by atoms with Crippen molar-refractivity contribution in [1.82, 2.24) is 14.9 Å². The number of aryl methyl sites for hydroxylation is 2. The Morgan fingerprint density at radius 3 is 2.42 bits per heavy atom. The molecule has 166 valence electrons. The molecule has 1 fully saturated rings. The standard InChI is InChI=1S/C27H25ClN4S/c1-17-12-13-20(28)16-24(17)31-18(2)15-22(19(31)3)26-25(23-11-7-8-14-29-23)30-27(33)32(26)21-9-5-4-6-10-21/h4-16,25-26H,1-3H3,(H,30,33). The minimum absolute atomic E-state index is 0.0470. The Balaban J connectivity index is 1.70. The van der Waals surface area contributed by atoms with Crippen molar-refractivity contribution in [3.05, 3.63) is 112 Å². The summed E-state index contributed by atoms with van der Waals surface area (Å²) in [5, 5.41) is 4.98. The topological polar surface area (TPSA) is 33.1 Å². The van der Waals surface area contributed by atoms with E-state index >= 15 is 0 Å². The maximum atomic E-state index is 6.37. The maximum Gasteiger partial charge on any atom is 0.174 e. The van der Waals surface area contributed by atoms with E-state index in [4.69, 9.17) is 23.8 Å². The fourth-order valence-corrected chi connectivity index (χ4v) is 5.33. The first-order valence-corrected chi connectivity index (χ1v) is 11.8. The molecule has 0 aliphatic carbocycles. The minimum Gasteiger partial charge on any atom is -0.351 e. The fraction of sp³-hybridized carbons (Fsp3) is 0.185. The number of aromatic nitrogens is 2. The van der Waals surface area contributed by atoms with Crippen molar-refractivity contribution in [2.24, 2.45) is 0 Å². The van der Waals surface area contributed by atoms with Crippen LogP contribution in [0.3, 0.4) is 0 Å². The molecule has 1 N–H and O–H groups in total. The number of pyridine rings is 1. The first-order valence-electron chi connectivity index (χ1n) is 11.0. The molecule has 0 bridgehead atoms. The molecule has 3 heterocycles. The van der Waals surface area contributed by atoms with Crippen LogP contribution >= 0.6 is 23.8 Å². The van der Waals surface area contributed by atoms with E-state index in [0.717, 1.165) is 33.5 Å². The second-order valence-electron chi connectivity index (χ2n) is 8.42. The molecule has 2 aromatic carbocycles.